The molecule has 1 atom stereocenters. The highest BCUT2D eigenvalue weighted by atomic mass is 16.7. The first kappa shape index (κ1) is 14.8. The molecule has 2 aromatic heterocycles. The number of nitrogens with zero attached hydrogens (tertiary/aromatic N) is 3. The Morgan fingerprint density at radius 1 is 1.25 bits per heavy atom. The van der Waals surface area contributed by atoms with E-state index in [0.29, 0.717) is 0 Å². The van der Waals surface area contributed by atoms with Crippen molar-refractivity contribution in [2.24, 2.45) is 0 Å². The van der Waals surface area contributed by atoms with E-state index in [1.165, 1.54) is 0 Å². The largest absolute Gasteiger partial charge is 0.469 e. The Kier molecular flexibility index (Phi) is 3.72. The Morgan fingerprint density at radius 2 is 2.08 bits per heavy atom. The van der Waals surface area contributed by atoms with Crippen LogP contribution in [0.25, 0.3) is 11.3 Å². The van der Waals surface area contributed by atoms with Crippen molar-refractivity contribution in [3.8, 4) is 22.8 Å². The average Bonchev–Trinajstić information content (AvgIpc) is 3.32. The average molecular weight is 325 g/mol. The van der Waals surface area contributed by atoms with E-state index in [2.05, 4.69) is 17.2 Å². The van der Waals surface area contributed by atoms with Gasteiger partial charge in [0.2, 0.25) is 6.79 Å². The molecular formula is C18H19N3O3. The van der Waals surface area contributed by atoms with Gasteiger partial charge in [-0.15, -0.1) is 5.10 Å². The second-order valence-corrected chi connectivity index (χ2v) is 6.07. The summed E-state index contributed by atoms with van der Waals surface area (Å²) in [5.41, 5.74) is 2.95. The van der Waals surface area contributed by atoms with Crippen molar-refractivity contribution >= 4 is 0 Å². The molecule has 3 heterocycles. The first-order valence-corrected chi connectivity index (χ1v) is 8.05. The normalized spacial score (nSPS) is 14.1. The Balaban J connectivity index is 1.52. The van der Waals surface area contributed by atoms with Crippen molar-refractivity contribution in [2.45, 2.75) is 32.7 Å². The van der Waals surface area contributed by atoms with Crippen LogP contribution in [0.5, 0.6) is 11.5 Å². The summed E-state index contributed by atoms with van der Waals surface area (Å²) in [5, 5.41) is 8.62. The van der Waals surface area contributed by atoms with Gasteiger partial charge in [0.25, 0.3) is 0 Å². The van der Waals surface area contributed by atoms with Crippen LogP contribution in [0.1, 0.15) is 30.7 Å². The van der Waals surface area contributed by atoms with E-state index in [0.717, 1.165) is 46.9 Å². The minimum absolute atomic E-state index is 0.241. The van der Waals surface area contributed by atoms with Crippen LogP contribution in [0.4, 0.5) is 0 Å². The van der Waals surface area contributed by atoms with Crippen LogP contribution in [0.15, 0.2) is 41.1 Å². The van der Waals surface area contributed by atoms with Gasteiger partial charge in [-0.1, -0.05) is 5.21 Å². The zero-order chi connectivity index (χ0) is 16.5. The fourth-order valence-electron chi connectivity index (χ4n) is 2.87. The van der Waals surface area contributed by atoms with Gasteiger partial charge < -0.3 is 13.9 Å². The van der Waals surface area contributed by atoms with Crippen LogP contribution in [0.2, 0.25) is 0 Å². The van der Waals surface area contributed by atoms with Crippen LogP contribution in [0.3, 0.4) is 0 Å². The highest BCUT2D eigenvalue weighted by Crippen LogP contribution is 2.37. The maximum absolute atomic E-state index is 5.46. The molecule has 3 aromatic rings. The fraction of sp³-hybridized carbons (Fsp3) is 0.333. The molecule has 0 N–H and O–H groups in total. The molecule has 24 heavy (non-hydrogen) atoms. The highest BCUT2D eigenvalue weighted by Gasteiger charge is 2.18. The minimum atomic E-state index is 0.241. The maximum atomic E-state index is 5.46. The number of aromatic nitrogens is 3. The Bertz CT molecular complexity index is 839. The number of hydrogen-bond donors (Lipinski definition) is 0. The Hall–Kier alpha value is -2.76. The van der Waals surface area contributed by atoms with E-state index >= 15 is 0 Å². The summed E-state index contributed by atoms with van der Waals surface area (Å²) in [4.78, 5) is 0. The lowest BCUT2D eigenvalue weighted by Gasteiger charge is -2.09. The second kappa shape index (κ2) is 6.03. The summed E-state index contributed by atoms with van der Waals surface area (Å²) in [6, 6.07) is 8.10. The standard InChI is InChI=1S/C18H19N3O3/c1-12-8-17-18(24-11-23-17)9-15(12)16-10-21(20-19-16)13(2)5-6-14-4-3-7-22-14/h3-4,7-10,13H,5-6,11H2,1-2H3/t13-/m0/s1. The first-order chi connectivity index (χ1) is 11.7. The van der Waals surface area contributed by atoms with Crippen LogP contribution in [-0.4, -0.2) is 21.8 Å². The molecule has 1 aliphatic heterocycles. The van der Waals surface area contributed by atoms with Crippen molar-refractivity contribution in [1.82, 2.24) is 15.0 Å². The molecule has 0 amide bonds. The number of furan rings is 1. The molecule has 6 heteroatoms. The van der Waals surface area contributed by atoms with Crippen molar-refractivity contribution in [3.63, 3.8) is 0 Å². The van der Waals surface area contributed by atoms with Crippen molar-refractivity contribution in [3.05, 3.63) is 48.0 Å². The predicted octanol–water partition coefficient (Wildman–Crippen LogP) is 3.77. The quantitative estimate of drug-likeness (QED) is 0.714. The monoisotopic (exact) mass is 325 g/mol. The van der Waals surface area contributed by atoms with Crippen LogP contribution in [-0.2, 0) is 6.42 Å². The maximum Gasteiger partial charge on any atom is 0.231 e. The zero-order valence-electron chi connectivity index (χ0n) is 13.7. The molecule has 0 saturated carbocycles. The molecule has 0 fully saturated rings. The summed E-state index contributed by atoms with van der Waals surface area (Å²) < 4.78 is 18.2. The number of rotatable bonds is 5. The van der Waals surface area contributed by atoms with Gasteiger partial charge in [-0.25, -0.2) is 4.68 Å². The lowest BCUT2D eigenvalue weighted by atomic mass is 10.1. The van der Waals surface area contributed by atoms with Gasteiger partial charge in [-0.2, -0.15) is 0 Å². The van der Waals surface area contributed by atoms with Crippen LogP contribution >= 0.6 is 0 Å². The molecular weight excluding hydrogens is 306 g/mol. The number of ether oxygens (including phenoxy) is 2. The van der Waals surface area contributed by atoms with Gasteiger partial charge in [0.15, 0.2) is 11.5 Å². The van der Waals surface area contributed by atoms with Crippen molar-refractivity contribution < 1.29 is 13.9 Å². The fourth-order valence-corrected chi connectivity index (χ4v) is 2.87. The molecule has 124 valence electrons. The Labute approximate surface area is 140 Å². The van der Waals surface area contributed by atoms with Gasteiger partial charge in [0.1, 0.15) is 11.5 Å². The number of fused-ring (bicyclic) bond motifs is 1. The lowest BCUT2D eigenvalue weighted by Crippen LogP contribution is -2.07. The number of benzene rings is 1. The van der Waals surface area contributed by atoms with E-state index in [1.54, 1.807) is 6.26 Å². The third kappa shape index (κ3) is 2.75. The summed E-state index contributed by atoms with van der Waals surface area (Å²) in [7, 11) is 0. The smallest absolute Gasteiger partial charge is 0.231 e. The van der Waals surface area contributed by atoms with Gasteiger partial charge in [-0.05, 0) is 50.1 Å². The molecule has 0 aliphatic carbocycles. The van der Waals surface area contributed by atoms with E-state index < -0.39 is 0 Å². The van der Waals surface area contributed by atoms with Crippen LogP contribution < -0.4 is 9.47 Å². The molecule has 4 rings (SSSR count). The van der Waals surface area contributed by atoms with E-state index in [-0.39, 0.29) is 12.8 Å². The Morgan fingerprint density at radius 3 is 2.88 bits per heavy atom. The van der Waals surface area contributed by atoms with Crippen molar-refractivity contribution in [2.75, 3.05) is 6.79 Å². The lowest BCUT2D eigenvalue weighted by molar-refractivity contribution is 0.174. The minimum Gasteiger partial charge on any atom is -0.469 e. The van der Waals surface area contributed by atoms with Gasteiger partial charge in [-0.3, -0.25) is 0 Å². The second-order valence-electron chi connectivity index (χ2n) is 6.07. The first-order valence-electron chi connectivity index (χ1n) is 8.05. The highest BCUT2D eigenvalue weighted by molar-refractivity contribution is 5.67. The van der Waals surface area contributed by atoms with E-state index in [4.69, 9.17) is 13.9 Å². The number of aryl methyl sites for hydroxylation is 2. The number of hydrogen-bond acceptors (Lipinski definition) is 5. The molecule has 0 saturated heterocycles. The zero-order valence-corrected chi connectivity index (χ0v) is 13.7. The van der Waals surface area contributed by atoms with Gasteiger partial charge >= 0.3 is 0 Å². The van der Waals surface area contributed by atoms with Crippen LogP contribution in [0, 0.1) is 6.92 Å². The third-order valence-corrected chi connectivity index (χ3v) is 4.35. The van der Waals surface area contributed by atoms with Gasteiger partial charge in [0, 0.05) is 12.0 Å². The summed E-state index contributed by atoms with van der Waals surface area (Å²) >= 11 is 0. The molecule has 0 bridgehead atoms. The van der Waals surface area contributed by atoms with Gasteiger partial charge in [0.05, 0.1) is 18.5 Å². The topological polar surface area (TPSA) is 62.3 Å². The molecule has 0 radical (unpaired) electrons. The molecule has 0 unspecified atom stereocenters. The predicted molar refractivity (Wildman–Crippen MR) is 88.1 cm³/mol. The summed E-state index contributed by atoms with van der Waals surface area (Å²) in [6.07, 6.45) is 5.51. The van der Waals surface area contributed by atoms with E-state index in [9.17, 15) is 0 Å². The molecule has 0 spiro atoms. The summed E-state index contributed by atoms with van der Waals surface area (Å²) in [6.45, 7) is 4.44. The molecule has 6 nitrogen and oxygen atoms in total. The van der Waals surface area contributed by atoms with Crippen molar-refractivity contribution in [1.29, 1.82) is 0 Å². The summed E-state index contributed by atoms with van der Waals surface area (Å²) in [5.74, 6) is 2.54. The third-order valence-electron chi connectivity index (χ3n) is 4.35. The SMILES string of the molecule is Cc1cc2c(cc1-c1cn([C@@H](C)CCc3ccco3)nn1)OCO2. The molecule has 1 aromatic carbocycles. The molecule has 1 aliphatic rings. The van der Waals surface area contributed by atoms with E-state index in [1.807, 2.05) is 42.1 Å².